The first kappa shape index (κ1) is 20.3. The monoisotopic (exact) mass is 451 g/mol. The molecule has 0 radical (unpaired) electrons. The van der Waals surface area contributed by atoms with Crippen LogP contribution in [0.3, 0.4) is 0 Å². The molecule has 3 aromatic heterocycles. The summed E-state index contributed by atoms with van der Waals surface area (Å²) in [7, 11) is 0. The number of nitrogens with one attached hydrogen (secondary N) is 2. The molecule has 11 heteroatoms. The second-order valence-corrected chi connectivity index (χ2v) is 8.74. The van der Waals surface area contributed by atoms with Gasteiger partial charge in [0.1, 0.15) is 0 Å². The Balaban J connectivity index is 1.25. The summed E-state index contributed by atoms with van der Waals surface area (Å²) in [6.45, 7) is 1.92. The molecular weight excluding hydrogens is 430 g/mol. The van der Waals surface area contributed by atoms with E-state index in [1.54, 1.807) is 29.3 Å². The van der Waals surface area contributed by atoms with E-state index < -0.39 is 5.91 Å². The molecule has 0 aliphatic carbocycles. The molecule has 5 heterocycles. The summed E-state index contributed by atoms with van der Waals surface area (Å²) in [6, 6.07) is 10.5. The lowest BCUT2D eigenvalue weighted by molar-refractivity contribution is 0.0946. The maximum absolute atomic E-state index is 13.0. The largest absolute Gasteiger partial charge is 0.345 e. The van der Waals surface area contributed by atoms with Gasteiger partial charge in [-0.1, -0.05) is 16.6 Å². The average molecular weight is 452 g/mol. The molecule has 1 fully saturated rings. The van der Waals surface area contributed by atoms with Crippen molar-refractivity contribution in [3.63, 3.8) is 0 Å². The van der Waals surface area contributed by atoms with E-state index in [-0.39, 0.29) is 35.7 Å². The van der Waals surface area contributed by atoms with Crippen molar-refractivity contribution in [1.29, 1.82) is 0 Å². The maximum atomic E-state index is 13.0. The van der Waals surface area contributed by atoms with Crippen LogP contribution in [0.5, 0.6) is 0 Å². The van der Waals surface area contributed by atoms with Crippen LogP contribution < -0.4 is 16.2 Å². The van der Waals surface area contributed by atoms with E-state index >= 15 is 0 Å². The molecule has 2 aliphatic heterocycles. The molecule has 0 saturated carbocycles. The molecule has 32 heavy (non-hydrogen) atoms. The summed E-state index contributed by atoms with van der Waals surface area (Å²) >= 11 is 0.962. The van der Waals surface area contributed by atoms with E-state index in [1.807, 2.05) is 22.8 Å². The van der Waals surface area contributed by atoms with Crippen LogP contribution in [0.1, 0.15) is 34.2 Å². The Bertz CT molecular complexity index is 1210. The second-order valence-electron chi connectivity index (χ2n) is 7.99. The Morgan fingerprint density at radius 1 is 1.12 bits per heavy atom. The third kappa shape index (κ3) is 3.98. The summed E-state index contributed by atoms with van der Waals surface area (Å²) < 4.78 is 5.66. The van der Waals surface area contributed by atoms with Crippen molar-refractivity contribution in [3.05, 3.63) is 70.0 Å². The van der Waals surface area contributed by atoms with Gasteiger partial charge in [-0.3, -0.25) is 19.9 Å². The lowest BCUT2D eigenvalue weighted by Gasteiger charge is -2.42. The van der Waals surface area contributed by atoms with Gasteiger partial charge in [0.2, 0.25) is 0 Å². The molecule has 3 amide bonds. The molecule has 2 N–H and O–H groups in total. The van der Waals surface area contributed by atoms with E-state index in [0.29, 0.717) is 30.3 Å². The minimum Gasteiger partial charge on any atom is -0.345 e. The van der Waals surface area contributed by atoms with Crippen molar-refractivity contribution < 1.29 is 9.59 Å². The Labute approximate surface area is 187 Å². The molecule has 3 aromatic rings. The first-order valence-electron chi connectivity index (χ1n) is 10.3. The van der Waals surface area contributed by atoms with Crippen LogP contribution in [-0.4, -0.2) is 49.1 Å². The third-order valence-corrected chi connectivity index (χ3v) is 6.49. The predicted octanol–water partition coefficient (Wildman–Crippen LogP) is 1.68. The fourth-order valence-electron chi connectivity index (χ4n) is 4.42. The van der Waals surface area contributed by atoms with Gasteiger partial charge < -0.3 is 14.8 Å². The fourth-order valence-corrected chi connectivity index (χ4v) is 4.97. The molecule has 5 rings (SSSR count). The molecule has 2 atom stereocenters. The highest BCUT2D eigenvalue weighted by atomic mass is 32.1. The van der Waals surface area contributed by atoms with Gasteiger partial charge >= 0.3 is 6.03 Å². The summed E-state index contributed by atoms with van der Waals surface area (Å²) in [4.78, 5) is 43.6. The number of aromatic nitrogens is 4. The number of carbonyl (C=O) groups excluding carboxylic acids is 2. The molecule has 2 bridgehead atoms. The second kappa shape index (κ2) is 8.50. The van der Waals surface area contributed by atoms with E-state index in [0.717, 1.165) is 23.6 Å². The number of urea groups is 1. The van der Waals surface area contributed by atoms with Gasteiger partial charge in [0.15, 0.2) is 10.7 Å². The van der Waals surface area contributed by atoms with Gasteiger partial charge in [0.25, 0.3) is 11.5 Å². The zero-order valence-corrected chi connectivity index (χ0v) is 17.9. The number of fused-ring (bicyclic) bond motifs is 4. The summed E-state index contributed by atoms with van der Waals surface area (Å²) in [5, 5.41) is 9.74. The van der Waals surface area contributed by atoms with Crippen molar-refractivity contribution in [2.24, 2.45) is 5.92 Å². The fraction of sp³-hybridized carbons (Fsp3) is 0.333. The van der Waals surface area contributed by atoms with E-state index in [9.17, 15) is 14.4 Å². The number of likely N-dealkylation sites (tertiary alicyclic amines) is 1. The lowest BCUT2D eigenvalue weighted by Crippen LogP contribution is -2.50. The topological polar surface area (TPSA) is 122 Å². The number of piperidine rings is 1. The van der Waals surface area contributed by atoms with Crippen molar-refractivity contribution in [3.8, 4) is 0 Å². The molecule has 10 nitrogen and oxygen atoms in total. The van der Waals surface area contributed by atoms with E-state index in [2.05, 4.69) is 25.2 Å². The number of carbonyl (C=O) groups is 2. The zero-order valence-electron chi connectivity index (χ0n) is 17.1. The van der Waals surface area contributed by atoms with Crippen molar-refractivity contribution in [2.45, 2.75) is 25.4 Å². The number of hydrogen-bond donors (Lipinski definition) is 2. The van der Waals surface area contributed by atoms with Gasteiger partial charge in [-0.05, 0) is 30.5 Å². The highest BCUT2D eigenvalue weighted by molar-refractivity contribution is 7.10. The Hall–Kier alpha value is -3.60. The highest BCUT2D eigenvalue weighted by Gasteiger charge is 2.36. The standard InChI is InChI=1S/C21H21N7O3S/c29-17-6-3-5-16-14-8-13(11-28(16)17)10-27(12-14)21(31)24-20-18(25-26-32-20)19(30)23-9-15-4-1-2-7-22-15/h1-7,13-14H,8-12H2,(H,23,30)(H,24,31)/t13-,14-/m1/s1. The van der Waals surface area contributed by atoms with E-state index in [4.69, 9.17) is 0 Å². The first-order chi connectivity index (χ1) is 15.6. The zero-order chi connectivity index (χ0) is 22.1. The number of hydrogen-bond acceptors (Lipinski definition) is 7. The van der Waals surface area contributed by atoms with Crippen LogP contribution in [0.15, 0.2) is 47.4 Å². The molecule has 164 valence electrons. The minimum atomic E-state index is -0.427. The molecular formula is C21H21N7O3S. The number of anilines is 1. The number of pyridine rings is 2. The van der Waals surface area contributed by atoms with Gasteiger partial charge in [-0.2, -0.15) is 0 Å². The quantitative estimate of drug-likeness (QED) is 0.622. The Morgan fingerprint density at radius 2 is 2.03 bits per heavy atom. The first-order valence-corrected chi connectivity index (χ1v) is 11.1. The Morgan fingerprint density at radius 3 is 2.88 bits per heavy atom. The van der Waals surface area contributed by atoms with Crippen molar-refractivity contribution in [2.75, 3.05) is 18.4 Å². The van der Waals surface area contributed by atoms with Crippen molar-refractivity contribution in [1.82, 2.24) is 29.4 Å². The lowest BCUT2D eigenvalue weighted by atomic mass is 9.83. The number of amides is 3. The number of nitrogens with zero attached hydrogens (tertiary/aromatic N) is 5. The molecule has 1 saturated heterocycles. The smallest absolute Gasteiger partial charge is 0.322 e. The van der Waals surface area contributed by atoms with Gasteiger partial charge in [0.05, 0.1) is 12.2 Å². The number of rotatable bonds is 4. The molecule has 0 spiro atoms. The summed E-state index contributed by atoms with van der Waals surface area (Å²) in [6.07, 6.45) is 2.61. The Kier molecular flexibility index (Phi) is 5.39. The van der Waals surface area contributed by atoms with Crippen molar-refractivity contribution >= 4 is 28.5 Å². The average Bonchev–Trinajstić information content (AvgIpc) is 3.27. The van der Waals surface area contributed by atoms with Crippen LogP contribution in [0.2, 0.25) is 0 Å². The molecule has 2 aliphatic rings. The highest BCUT2D eigenvalue weighted by Crippen LogP contribution is 2.35. The molecule has 0 aromatic carbocycles. The summed E-state index contributed by atoms with van der Waals surface area (Å²) in [5.74, 6) is -0.0979. The van der Waals surface area contributed by atoms with Gasteiger partial charge in [-0.15, -0.1) is 5.10 Å². The minimum absolute atomic E-state index is 0.00666. The van der Waals surface area contributed by atoms with E-state index in [1.165, 1.54) is 0 Å². The van der Waals surface area contributed by atoms with Crippen LogP contribution in [0.4, 0.5) is 9.80 Å². The maximum Gasteiger partial charge on any atom is 0.322 e. The van der Waals surface area contributed by atoms with Crippen LogP contribution >= 0.6 is 11.5 Å². The molecule has 0 unspecified atom stereocenters. The van der Waals surface area contributed by atoms with Gasteiger partial charge in [0, 0.05) is 55.0 Å². The predicted molar refractivity (Wildman–Crippen MR) is 117 cm³/mol. The normalized spacial score (nSPS) is 19.2. The SMILES string of the molecule is O=C(NCc1ccccn1)c1nnsc1NC(=O)N1C[C@H]2C[C@H](C1)c1cccc(=O)n1C2. The van der Waals surface area contributed by atoms with Gasteiger partial charge in [-0.25, -0.2) is 4.79 Å². The summed E-state index contributed by atoms with van der Waals surface area (Å²) in [5.41, 5.74) is 1.77. The third-order valence-electron chi connectivity index (χ3n) is 5.85. The van der Waals surface area contributed by atoms with Crippen LogP contribution in [-0.2, 0) is 13.1 Å². The van der Waals surface area contributed by atoms with Crippen LogP contribution in [0.25, 0.3) is 0 Å². The van der Waals surface area contributed by atoms with Crippen LogP contribution in [0, 0.1) is 5.92 Å².